The fourth-order valence-electron chi connectivity index (χ4n) is 2.83. The van der Waals surface area contributed by atoms with Crippen LogP contribution >= 0.6 is 12.2 Å². The Labute approximate surface area is 122 Å². The minimum absolute atomic E-state index is 0.533. The van der Waals surface area contributed by atoms with Gasteiger partial charge in [0.1, 0.15) is 16.5 Å². The number of pyridine rings is 1. The molecule has 0 fully saturated rings. The van der Waals surface area contributed by atoms with Crippen molar-refractivity contribution in [1.29, 1.82) is 5.26 Å². The zero-order valence-electron chi connectivity index (χ0n) is 11.2. The molecule has 0 amide bonds. The number of nitrogens with one attached hydrogen (secondary N) is 1. The number of hydrogen-bond donors (Lipinski definition) is 1. The molecule has 4 heteroatoms. The molecule has 1 aromatic heterocycles. The largest absolute Gasteiger partial charge is 0.497 e. The van der Waals surface area contributed by atoms with Crippen molar-refractivity contribution < 1.29 is 4.74 Å². The first-order chi connectivity index (χ1) is 9.74. The lowest BCUT2D eigenvalue weighted by molar-refractivity contribution is 0.415. The number of aryl methyl sites for hydroxylation is 1. The Hall–Kier alpha value is -2.12. The van der Waals surface area contributed by atoms with Crippen LogP contribution in [0.3, 0.4) is 0 Å². The third kappa shape index (κ3) is 2.00. The number of aromatic nitrogens is 1. The van der Waals surface area contributed by atoms with Crippen molar-refractivity contribution in [2.24, 2.45) is 0 Å². The number of methoxy groups -OCH3 is 1. The van der Waals surface area contributed by atoms with E-state index in [9.17, 15) is 5.26 Å². The van der Waals surface area contributed by atoms with Gasteiger partial charge in [-0.1, -0.05) is 24.4 Å². The molecule has 0 spiro atoms. The number of nitrogens with zero attached hydrogens (tertiary/aromatic N) is 1. The number of aromatic amines is 1. The highest BCUT2D eigenvalue weighted by Crippen LogP contribution is 2.35. The van der Waals surface area contributed by atoms with E-state index in [0.717, 1.165) is 36.1 Å². The Morgan fingerprint density at radius 1 is 1.35 bits per heavy atom. The highest BCUT2D eigenvalue weighted by molar-refractivity contribution is 7.71. The van der Waals surface area contributed by atoms with Gasteiger partial charge in [-0.2, -0.15) is 5.26 Å². The molecule has 100 valence electrons. The molecule has 1 aliphatic carbocycles. The van der Waals surface area contributed by atoms with E-state index in [4.69, 9.17) is 17.0 Å². The molecule has 0 unspecified atom stereocenters. The highest BCUT2D eigenvalue weighted by Gasteiger charge is 2.21. The van der Waals surface area contributed by atoms with Crippen LogP contribution in [0.4, 0.5) is 0 Å². The zero-order chi connectivity index (χ0) is 14.1. The van der Waals surface area contributed by atoms with Gasteiger partial charge in [-0.15, -0.1) is 0 Å². The van der Waals surface area contributed by atoms with Crippen LogP contribution in [-0.4, -0.2) is 12.1 Å². The van der Waals surface area contributed by atoms with Crippen LogP contribution in [0.15, 0.2) is 24.3 Å². The van der Waals surface area contributed by atoms with Gasteiger partial charge in [-0.25, -0.2) is 0 Å². The summed E-state index contributed by atoms with van der Waals surface area (Å²) in [6, 6.07) is 10.1. The maximum atomic E-state index is 9.45. The van der Waals surface area contributed by atoms with Crippen molar-refractivity contribution in [2.45, 2.75) is 19.3 Å². The number of ether oxygens (including phenoxy) is 1. The first-order valence-corrected chi connectivity index (χ1v) is 6.98. The molecular weight excluding hydrogens is 268 g/mol. The lowest BCUT2D eigenvalue weighted by Crippen LogP contribution is -1.98. The fourth-order valence-corrected chi connectivity index (χ4v) is 3.10. The summed E-state index contributed by atoms with van der Waals surface area (Å²) in [6.45, 7) is 0. The molecular formula is C16H14N2OS. The average Bonchev–Trinajstić information content (AvgIpc) is 2.93. The summed E-state index contributed by atoms with van der Waals surface area (Å²) in [5.74, 6) is 0.789. The van der Waals surface area contributed by atoms with E-state index in [2.05, 4.69) is 11.1 Å². The summed E-state index contributed by atoms with van der Waals surface area (Å²) in [6.07, 6.45) is 3.09. The predicted molar refractivity (Wildman–Crippen MR) is 80.4 cm³/mol. The summed E-state index contributed by atoms with van der Waals surface area (Å²) in [5, 5.41) is 9.45. The van der Waals surface area contributed by atoms with Crippen LogP contribution in [0.2, 0.25) is 0 Å². The average molecular weight is 282 g/mol. The molecule has 0 radical (unpaired) electrons. The molecule has 3 nitrogen and oxygen atoms in total. The maximum Gasteiger partial charge on any atom is 0.122 e. The molecule has 0 saturated carbocycles. The number of rotatable bonds is 2. The van der Waals surface area contributed by atoms with Crippen molar-refractivity contribution in [2.75, 3.05) is 7.11 Å². The van der Waals surface area contributed by atoms with Crippen molar-refractivity contribution in [3.63, 3.8) is 0 Å². The molecule has 1 heterocycles. The summed E-state index contributed by atoms with van der Waals surface area (Å²) in [4.78, 5) is 3.21. The highest BCUT2D eigenvalue weighted by atomic mass is 32.1. The lowest BCUT2D eigenvalue weighted by Gasteiger charge is -2.12. The Kier molecular flexibility index (Phi) is 3.29. The zero-order valence-corrected chi connectivity index (χ0v) is 12.0. The number of hydrogen-bond acceptors (Lipinski definition) is 3. The number of nitriles is 1. The van der Waals surface area contributed by atoms with Gasteiger partial charge in [0.15, 0.2) is 0 Å². The van der Waals surface area contributed by atoms with E-state index in [1.807, 2.05) is 24.3 Å². The first kappa shape index (κ1) is 12.9. The molecule has 3 rings (SSSR count). The van der Waals surface area contributed by atoms with Gasteiger partial charge in [-0.3, -0.25) is 0 Å². The Morgan fingerprint density at radius 3 is 2.95 bits per heavy atom. The Balaban J connectivity index is 2.32. The smallest absolute Gasteiger partial charge is 0.122 e. The second-order valence-corrected chi connectivity index (χ2v) is 5.27. The van der Waals surface area contributed by atoms with Crippen molar-refractivity contribution in [1.82, 2.24) is 4.98 Å². The molecule has 1 N–H and O–H groups in total. The van der Waals surface area contributed by atoms with Crippen LogP contribution in [0.25, 0.3) is 11.1 Å². The van der Waals surface area contributed by atoms with E-state index >= 15 is 0 Å². The maximum absolute atomic E-state index is 9.45. The normalized spacial score (nSPS) is 12.8. The first-order valence-electron chi connectivity index (χ1n) is 6.57. The standard InChI is InChI=1S/C16H14N2OS/c1-19-11-5-2-4-10(8-11)15-12-6-3-7-14(12)18-16(20)13(15)9-17/h2,4-5,8H,3,6-7H2,1H3,(H,18,20). The molecule has 0 atom stereocenters. The molecule has 0 bridgehead atoms. The number of fused-ring (bicyclic) bond motifs is 1. The second-order valence-electron chi connectivity index (χ2n) is 4.86. The van der Waals surface area contributed by atoms with Gasteiger partial charge in [0.25, 0.3) is 0 Å². The van der Waals surface area contributed by atoms with E-state index < -0.39 is 0 Å². The molecule has 1 aromatic carbocycles. The summed E-state index contributed by atoms with van der Waals surface area (Å²) < 4.78 is 5.82. The van der Waals surface area contributed by atoms with Crippen molar-refractivity contribution in [3.05, 3.63) is 45.7 Å². The predicted octanol–water partition coefficient (Wildman–Crippen LogP) is 3.78. The van der Waals surface area contributed by atoms with Crippen molar-refractivity contribution in [3.8, 4) is 22.9 Å². The SMILES string of the molecule is COc1cccc(-c2c3c([nH]c(=S)c2C#N)CCC3)c1. The van der Waals surface area contributed by atoms with E-state index in [0.29, 0.717) is 10.2 Å². The topological polar surface area (TPSA) is 48.8 Å². The van der Waals surface area contributed by atoms with E-state index in [1.54, 1.807) is 7.11 Å². The molecule has 0 aliphatic heterocycles. The van der Waals surface area contributed by atoms with Crippen molar-refractivity contribution >= 4 is 12.2 Å². The Bertz CT molecular complexity index is 771. The second kappa shape index (κ2) is 5.10. The quantitative estimate of drug-likeness (QED) is 0.853. The van der Waals surface area contributed by atoms with Gasteiger partial charge >= 0.3 is 0 Å². The molecule has 0 saturated heterocycles. The van der Waals surface area contributed by atoms with Crippen LogP contribution < -0.4 is 4.74 Å². The third-order valence-electron chi connectivity index (χ3n) is 3.73. The van der Waals surface area contributed by atoms with Gasteiger partial charge in [-0.05, 0) is 42.5 Å². The van der Waals surface area contributed by atoms with Crippen LogP contribution in [0, 0.1) is 16.0 Å². The lowest BCUT2D eigenvalue weighted by atomic mass is 9.95. The van der Waals surface area contributed by atoms with Crippen LogP contribution in [-0.2, 0) is 12.8 Å². The van der Waals surface area contributed by atoms with Gasteiger partial charge in [0, 0.05) is 11.3 Å². The molecule has 20 heavy (non-hydrogen) atoms. The number of benzene rings is 1. The van der Waals surface area contributed by atoms with Gasteiger partial charge < -0.3 is 9.72 Å². The minimum Gasteiger partial charge on any atom is -0.497 e. The van der Waals surface area contributed by atoms with E-state index in [-0.39, 0.29) is 0 Å². The monoisotopic (exact) mass is 282 g/mol. The van der Waals surface area contributed by atoms with Crippen LogP contribution in [0.5, 0.6) is 5.75 Å². The van der Waals surface area contributed by atoms with E-state index in [1.165, 1.54) is 11.3 Å². The van der Waals surface area contributed by atoms with Crippen LogP contribution in [0.1, 0.15) is 23.2 Å². The summed E-state index contributed by atoms with van der Waals surface area (Å²) in [5.41, 5.74) is 4.94. The fraction of sp³-hybridized carbons (Fsp3) is 0.250. The summed E-state index contributed by atoms with van der Waals surface area (Å²) >= 11 is 5.33. The summed E-state index contributed by atoms with van der Waals surface area (Å²) in [7, 11) is 1.64. The molecule has 1 aliphatic rings. The number of H-pyrrole nitrogens is 1. The van der Waals surface area contributed by atoms with Gasteiger partial charge in [0.05, 0.1) is 12.7 Å². The molecule has 2 aromatic rings. The Morgan fingerprint density at radius 2 is 2.20 bits per heavy atom. The van der Waals surface area contributed by atoms with Gasteiger partial charge in [0.2, 0.25) is 0 Å². The minimum atomic E-state index is 0.533. The third-order valence-corrected chi connectivity index (χ3v) is 4.04.